The Labute approximate surface area is 145 Å². The Morgan fingerprint density at radius 1 is 1.52 bits per heavy atom. The Morgan fingerprint density at radius 2 is 2.30 bits per heavy atom. The number of hydrogen-bond acceptors (Lipinski definition) is 4. The number of nitrogens with zero attached hydrogens (tertiary/aromatic N) is 1. The summed E-state index contributed by atoms with van der Waals surface area (Å²) >= 11 is 1.34. The van der Waals surface area contributed by atoms with Crippen LogP contribution in [-0.4, -0.2) is 12.4 Å². The third-order valence-electron chi connectivity index (χ3n) is 3.47. The van der Waals surface area contributed by atoms with Crippen molar-refractivity contribution in [3.63, 3.8) is 0 Å². The van der Waals surface area contributed by atoms with E-state index >= 15 is 0 Å². The first-order valence-electron chi connectivity index (χ1n) is 8.21. The lowest BCUT2D eigenvalue weighted by atomic mass is 10.1. The molecule has 1 aliphatic rings. The third-order valence-corrected chi connectivity index (χ3v) is 4.04. The molecule has 3 nitrogen and oxygen atoms in total. The lowest BCUT2D eigenvalue weighted by molar-refractivity contribution is 0.656. The van der Waals surface area contributed by atoms with Gasteiger partial charge in [-0.1, -0.05) is 58.1 Å². The maximum Gasteiger partial charge on any atom is 0.107 e. The molecule has 0 aromatic rings. The van der Waals surface area contributed by atoms with Gasteiger partial charge in [-0.25, -0.2) is 9.12 Å². The van der Waals surface area contributed by atoms with Crippen LogP contribution >= 0.6 is 12.1 Å². The molecule has 0 radical (unpaired) electrons. The van der Waals surface area contributed by atoms with Crippen molar-refractivity contribution in [2.75, 3.05) is 0 Å². The fourth-order valence-electron chi connectivity index (χ4n) is 1.85. The van der Waals surface area contributed by atoms with Crippen molar-refractivity contribution in [1.29, 1.82) is 0 Å². The van der Waals surface area contributed by atoms with Gasteiger partial charge in [-0.15, -0.1) is 0 Å². The molecule has 0 aromatic carbocycles. The van der Waals surface area contributed by atoms with Crippen LogP contribution in [0.4, 0.5) is 0 Å². The van der Waals surface area contributed by atoms with Crippen LogP contribution in [0.15, 0.2) is 64.3 Å². The summed E-state index contributed by atoms with van der Waals surface area (Å²) < 4.78 is 7.67. The molecule has 0 bridgehead atoms. The van der Waals surface area contributed by atoms with Crippen LogP contribution in [0.25, 0.3) is 0 Å². The van der Waals surface area contributed by atoms with Gasteiger partial charge in [0.25, 0.3) is 0 Å². The Bertz CT molecular complexity index is 527. The normalized spacial score (nSPS) is 19.9. The van der Waals surface area contributed by atoms with E-state index in [-0.39, 0.29) is 6.17 Å². The molecule has 0 fully saturated rings. The number of dihydropyridines is 1. The molecule has 1 aliphatic heterocycles. The molecule has 126 valence electrons. The summed E-state index contributed by atoms with van der Waals surface area (Å²) in [7, 11) is 0. The average molecular weight is 332 g/mol. The molecule has 1 heterocycles. The Balaban J connectivity index is 2.46. The van der Waals surface area contributed by atoms with E-state index in [1.165, 1.54) is 12.1 Å². The summed E-state index contributed by atoms with van der Waals surface area (Å²) in [4.78, 5) is 0. The predicted octanol–water partition coefficient (Wildman–Crippen LogP) is 5.09. The lowest BCUT2D eigenvalue weighted by Gasteiger charge is -2.21. The van der Waals surface area contributed by atoms with Gasteiger partial charge in [-0.05, 0) is 42.6 Å². The van der Waals surface area contributed by atoms with Gasteiger partial charge < -0.3 is 5.32 Å². The van der Waals surface area contributed by atoms with Crippen LogP contribution in [0.2, 0.25) is 0 Å². The van der Waals surface area contributed by atoms with Gasteiger partial charge in [0.1, 0.15) is 6.17 Å². The average Bonchev–Trinajstić information content (AvgIpc) is 2.56. The van der Waals surface area contributed by atoms with Gasteiger partial charge in [0.15, 0.2) is 0 Å². The van der Waals surface area contributed by atoms with Crippen LogP contribution in [0.3, 0.4) is 0 Å². The Hall–Kier alpha value is -1.52. The zero-order valence-electron chi connectivity index (χ0n) is 14.7. The first-order chi connectivity index (χ1) is 11.1. The van der Waals surface area contributed by atoms with Crippen molar-refractivity contribution in [2.45, 2.75) is 46.7 Å². The minimum atomic E-state index is 0.0584. The molecular formula is C19H29N3S. The van der Waals surface area contributed by atoms with E-state index in [1.807, 2.05) is 25.3 Å². The highest BCUT2D eigenvalue weighted by Gasteiger charge is 2.09. The molecule has 23 heavy (non-hydrogen) atoms. The largest absolute Gasteiger partial charge is 0.366 e. The van der Waals surface area contributed by atoms with Crippen LogP contribution in [0.1, 0.15) is 40.5 Å². The summed E-state index contributed by atoms with van der Waals surface area (Å²) in [5.41, 5.74) is 3.23. The second-order valence-electron chi connectivity index (χ2n) is 5.67. The topological polar surface area (TPSA) is 36.4 Å². The van der Waals surface area contributed by atoms with Crippen molar-refractivity contribution in [3.05, 3.63) is 59.9 Å². The molecule has 0 aliphatic carbocycles. The van der Waals surface area contributed by atoms with Crippen molar-refractivity contribution in [3.8, 4) is 0 Å². The molecule has 2 N–H and O–H groups in total. The van der Waals surface area contributed by atoms with E-state index in [0.717, 1.165) is 29.7 Å². The fraction of sp³-hybridized carbons (Fsp3) is 0.421. The minimum absolute atomic E-state index is 0.0584. The summed E-state index contributed by atoms with van der Waals surface area (Å²) in [5, 5.41) is 3.35. The second-order valence-corrected chi connectivity index (χ2v) is 6.30. The van der Waals surface area contributed by atoms with Gasteiger partial charge in [-0.3, -0.25) is 0 Å². The van der Waals surface area contributed by atoms with Crippen molar-refractivity contribution in [2.24, 2.45) is 10.3 Å². The Morgan fingerprint density at radius 3 is 2.96 bits per heavy atom. The molecule has 0 amide bonds. The van der Waals surface area contributed by atoms with Gasteiger partial charge in [0.05, 0.1) is 12.1 Å². The van der Waals surface area contributed by atoms with E-state index in [9.17, 15) is 0 Å². The van der Waals surface area contributed by atoms with Gasteiger partial charge in [-0.2, -0.15) is 0 Å². The van der Waals surface area contributed by atoms with E-state index < -0.39 is 0 Å². The van der Waals surface area contributed by atoms with Gasteiger partial charge in [0, 0.05) is 11.9 Å². The first-order valence-corrected chi connectivity index (χ1v) is 8.98. The quantitative estimate of drug-likeness (QED) is 0.351. The van der Waals surface area contributed by atoms with Crippen molar-refractivity contribution >= 4 is 18.3 Å². The van der Waals surface area contributed by atoms with E-state index in [2.05, 4.69) is 66.1 Å². The molecule has 0 aromatic heterocycles. The predicted molar refractivity (Wildman–Crippen MR) is 105 cm³/mol. The molecule has 0 saturated heterocycles. The van der Waals surface area contributed by atoms with Crippen LogP contribution < -0.4 is 10.0 Å². The van der Waals surface area contributed by atoms with Crippen LogP contribution in [0, 0.1) is 5.92 Å². The fourth-order valence-corrected chi connectivity index (χ4v) is 2.33. The van der Waals surface area contributed by atoms with Crippen LogP contribution in [-0.2, 0) is 0 Å². The molecule has 4 heteroatoms. The standard InChI is InChI=1S/C19H29N3S/c1-6-9-17(13-12-16(5)7-2)14-20-23-22-19-11-8-10-18(21-19)15(3)4/h8-14,16,19,21-22H,3,6-7H2,1-2,4-5H3/b13-12-,17-9+,20-14+. The molecule has 0 spiro atoms. The number of hydrogen-bond donors (Lipinski definition) is 2. The zero-order valence-corrected chi connectivity index (χ0v) is 15.5. The maximum atomic E-state index is 4.40. The first kappa shape index (κ1) is 19.5. The maximum absolute atomic E-state index is 4.40. The van der Waals surface area contributed by atoms with E-state index in [0.29, 0.717) is 5.92 Å². The highest BCUT2D eigenvalue weighted by atomic mass is 32.2. The molecule has 2 atom stereocenters. The van der Waals surface area contributed by atoms with Gasteiger partial charge >= 0.3 is 0 Å². The summed E-state index contributed by atoms with van der Waals surface area (Å²) in [6.07, 6.45) is 16.8. The molecular weight excluding hydrogens is 302 g/mol. The van der Waals surface area contributed by atoms with E-state index in [4.69, 9.17) is 0 Å². The smallest absolute Gasteiger partial charge is 0.107 e. The summed E-state index contributed by atoms with van der Waals surface area (Å²) in [6, 6.07) is 0. The molecule has 1 rings (SSSR count). The highest BCUT2D eigenvalue weighted by Crippen LogP contribution is 2.11. The SMILES string of the molecule is C=C(C)C1=CC=CC(NS/N=C/C(/C=C\C(C)CC)=C/CC)N1. The minimum Gasteiger partial charge on any atom is -0.366 e. The van der Waals surface area contributed by atoms with E-state index in [1.54, 1.807) is 0 Å². The van der Waals surface area contributed by atoms with Crippen LogP contribution in [0.5, 0.6) is 0 Å². The monoisotopic (exact) mass is 331 g/mol. The lowest BCUT2D eigenvalue weighted by Crippen LogP contribution is -2.37. The number of allylic oxidation sites excluding steroid dienone is 7. The third kappa shape index (κ3) is 8.05. The van der Waals surface area contributed by atoms with Crippen molar-refractivity contribution in [1.82, 2.24) is 10.0 Å². The highest BCUT2D eigenvalue weighted by molar-refractivity contribution is 7.96. The Kier molecular flexibility index (Phi) is 9.41. The number of rotatable bonds is 9. The summed E-state index contributed by atoms with van der Waals surface area (Å²) in [5.74, 6) is 0.596. The summed E-state index contributed by atoms with van der Waals surface area (Å²) in [6.45, 7) is 12.5. The van der Waals surface area contributed by atoms with Crippen molar-refractivity contribution < 1.29 is 0 Å². The zero-order chi connectivity index (χ0) is 17.1. The number of nitrogens with one attached hydrogen (secondary N) is 2. The van der Waals surface area contributed by atoms with Gasteiger partial charge in [0.2, 0.25) is 0 Å². The molecule has 2 unspecified atom stereocenters. The second kappa shape index (κ2) is 11.1. The molecule has 0 saturated carbocycles.